The number of hydrogen-bond acceptors (Lipinski definition) is 6. The van der Waals surface area contributed by atoms with Crippen LogP contribution in [0.25, 0.3) is 17.0 Å². The van der Waals surface area contributed by atoms with Gasteiger partial charge < -0.3 is 9.88 Å². The first-order valence-electron chi connectivity index (χ1n) is 10.7. The standard InChI is InChI=1S/C23H23N7O/c1-15-13-18(21-27-24-14-30(21)28-15)29-11-9-23(10-12-29)8-7-17-19(23)25-20(26-22(17)31)16-5-3-2-4-6-16/h2-6,13-14H,7-12H2,1H3,(H,25,26,31). The van der Waals surface area contributed by atoms with E-state index in [0.717, 1.165) is 72.6 Å². The highest BCUT2D eigenvalue weighted by molar-refractivity contribution is 5.68. The molecule has 1 aliphatic carbocycles. The Bertz CT molecular complexity index is 1330. The molecular weight excluding hydrogens is 390 g/mol. The van der Waals surface area contributed by atoms with Crippen molar-refractivity contribution in [3.8, 4) is 11.4 Å². The van der Waals surface area contributed by atoms with Gasteiger partial charge in [-0.15, -0.1) is 10.2 Å². The van der Waals surface area contributed by atoms with Crippen LogP contribution in [-0.2, 0) is 11.8 Å². The average Bonchev–Trinajstić information content (AvgIpc) is 3.40. The number of aromatic nitrogens is 6. The molecule has 156 valence electrons. The molecule has 4 heterocycles. The van der Waals surface area contributed by atoms with Crippen LogP contribution < -0.4 is 10.5 Å². The van der Waals surface area contributed by atoms with Gasteiger partial charge >= 0.3 is 0 Å². The predicted molar refractivity (Wildman–Crippen MR) is 117 cm³/mol. The van der Waals surface area contributed by atoms with E-state index in [1.807, 2.05) is 37.3 Å². The third kappa shape index (κ3) is 2.85. The minimum Gasteiger partial charge on any atom is -0.368 e. The topological polar surface area (TPSA) is 92.1 Å². The molecule has 6 rings (SSSR count). The van der Waals surface area contributed by atoms with Crippen molar-refractivity contribution >= 4 is 11.3 Å². The zero-order valence-electron chi connectivity index (χ0n) is 17.4. The monoisotopic (exact) mass is 413 g/mol. The van der Waals surface area contributed by atoms with Crippen LogP contribution in [0, 0.1) is 6.92 Å². The molecule has 1 aliphatic heterocycles. The van der Waals surface area contributed by atoms with Crippen molar-refractivity contribution < 1.29 is 0 Å². The molecule has 1 spiro atoms. The molecule has 0 atom stereocenters. The van der Waals surface area contributed by atoms with E-state index < -0.39 is 0 Å². The average molecular weight is 413 g/mol. The van der Waals surface area contributed by atoms with Gasteiger partial charge in [-0.3, -0.25) is 4.79 Å². The normalized spacial score (nSPS) is 17.4. The fourth-order valence-electron chi connectivity index (χ4n) is 5.21. The van der Waals surface area contributed by atoms with Gasteiger partial charge in [0.15, 0.2) is 0 Å². The maximum atomic E-state index is 12.8. The summed E-state index contributed by atoms with van der Waals surface area (Å²) in [7, 11) is 0. The summed E-state index contributed by atoms with van der Waals surface area (Å²) in [5.41, 5.74) is 5.60. The Morgan fingerprint density at radius 3 is 2.71 bits per heavy atom. The Labute approximate surface area is 179 Å². The van der Waals surface area contributed by atoms with E-state index in [1.165, 1.54) is 0 Å². The quantitative estimate of drug-likeness (QED) is 0.543. The number of H-pyrrole nitrogens is 1. The summed E-state index contributed by atoms with van der Waals surface area (Å²) in [6.07, 6.45) is 5.36. The highest BCUT2D eigenvalue weighted by Gasteiger charge is 2.44. The molecular formula is C23H23N7O. The van der Waals surface area contributed by atoms with E-state index >= 15 is 0 Å². The second-order valence-electron chi connectivity index (χ2n) is 8.65. The van der Waals surface area contributed by atoms with Crippen molar-refractivity contribution in [2.75, 3.05) is 18.0 Å². The number of rotatable bonds is 2. The van der Waals surface area contributed by atoms with Gasteiger partial charge in [-0.25, -0.2) is 4.98 Å². The summed E-state index contributed by atoms with van der Waals surface area (Å²) in [4.78, 5) is 23.2. The van der Waals surface area contributed by atoms with Crippen LogP contribution in [0.1, 0.15) is 36.2 Å². The first kappa shape index (κ1) is 18.2. The van der Waals surface area contributed by atoms with Crippen molar-refractivity contribution in [3.63, 3.8) is 0 Å². The van der Waals surface area contributed by atoms with Gasteiger partial charge in [0.25, 0.3) is 5.56 Å². The number of aromatic amines is 1. The number of piperidine rings is 1. The van der Waals surface area contributed by atoms with Gasteiger partial charge in [0.05, 0.1) is 17.1 Å². The van der Waals surface area contributed by atoms with Gasteiger partial charge in [-0.05, 0) is 38.7 Å². The van der Waals surface area contributed by atoms with E-state index in [1.54, 1.807) is 10.8 Å². The molecule has 1 aromatic carbocycles. The summed E-state index contributed by atoms with van der Waals surface area (Å²) in [5.74, 6) is 0.669. The number of benzene rings is 1. The molecule has 0 amide bonds. The molecule has 1 N–H and O–H groups in total. The van der Waals surface area contributed by atoms with E-state index in [-0.39, 0.29) is 11.0 Å². The van der Waals surface area contributed by atoms with Crippen LogP contribution in [0.2, 0.25) is 0 Å². The van der Waals surface area contributed by atoms with Crippen LogP contribution in [0.4, 0.5) is 5.69 Å². The van der Waals surface area contributed by atoms with Crippen molar-refractivity contribution in [3.05, 3.63) is 70.0 Å². The molecule has 8 nitrogen and oxygen atoms in total. The van der Waals surface area contributed by atoms with E-state index in [2.05, 4.69) is 31.2 Å². The summed E-state index contributed by atoms with van der Waals surface area (Å²) in [6, 6.07) is 12.0. The second-order valence-corrected chi connectivity index (χ2v) is 8.65. The minimum atomic E-state index is -0.0321. The van der Waals surface area contributed by atoms with E-state index in [4.69, 9.17) is 4.98 Å². The lowest BCUT2D eigenvalue weighted by molar-refractivity contribution is 0.323. The Morgan fingerprint density at radius 1 is 1.10 bits per heavy atom. The van der Waals surface area contributed by atoms with Crippen LogP contribution in [0.3, 0.4) is 0 Å². The molecule has 4 aromatic rings. The molecule has 8 heteroatoms. The maximum Gasteiger partial charge on any atom is 0.254 e. The van der Waals surface area contributed by atoms with Crippen molar-refractivity contribution in [2.45, 2.75) is 38.0 Å². The summed E-state index contributed by atoms with van der Waals surface area (Å²) in [5, 5.41) is 12.7. The van der Waals surface area contributed by atoms with Gasteiger partial charge in [0.2, 0.25) is 5.65 Å². The summed E-state index contributed by atoms with van der Waals surface area (Å²) >= 11 is 0. The fourth-order valence-corrected chi connectivity index (χ4v) is 5.21. The molecule has 0 saturated carbocycles. The zero-order valence-corrected chi connectivity index (χ0v) is 17.4. The van der Waals surface area contributed by atoms with Crippen LogP contribution in [0.5, 0.6) is 0 Å². The first-order valence-corrected chi connectivity index (χ1v) is 10.7. The van der Waals surface area contributed by atoms with Crippen LogP contribution >= 0.6 is 0 Å². The molecule has 1 fully saturated rings. The van der Waals surface area contributed by atoms with Crippen LogP contribution in [0.15, 0.2) is 47.5 Å². The molecule has 31 heavy (non-hydrogen) atoms. The fraction of sp³-hybridized carbons (Fsp3) is 0.348. The number of fused-ring (bicyclic) bond motifs is 3. The minimum absolute atomic E-state index is 0.0121. The SMILES string of the molecule is Cc1cc(N2CCC3(CCc4c3nc(-c3ccccc3)[nH]c4=O)CC2)c2nncn2n1. The molecule has 2 aliphatic rings. The third-order valence-corrected chi connectivity index (χ3v) is 6.85. The first-order chi connectivity index (χ1) is 15.1. The molecule has 0 unspecified atom stereocenters. The zero-order chi connectivity index (χ0) is 21.0. The molecule has 3 aromatic heterocycles. The van der Waals surface area contributed by atoms with Gasteiger partial charge in [-0.1, -0.05) is 30.3 Å². The lowest BCUT2D eigenvalue weighted by Crippen LogP contribution is -2.42. The molecule has 0 bridgehead atoms. The van der Waals surface area contributed by atoms with Crippen LogP contribution in [-0.4, -0.2) is 42.9 Å². The Balaban J connectivity index is 1.34. The lowest BCUT2D eigenvalue weighted by atomic mass is 9.76. The van der Waals surface area contributed by atoms with Crippen molar-refractivity contribution in [1.82, 2.24) is 29.8 Å². The van der Waals surface area contributed by atoms with Crippen molar-refractivity contribution in [1.29, 1.82) is 0 Å². The highest BCUT2D eigenvalue weighted by Crippen LogP contribution is 2.45. The Hall–Kier alpha value is -3.55. The number of nitrogens with one attached hydrogen (secondary N) is 1. The second kappa shape index (κ2) is 6.73. The summed E-state index contributed by atoms with van der Waals surface area (Å²) < 4.78 is 1.74. The van der Waals surface area contributed by atoms with Gasteiger partial charge in [-0.2, -0.15) is 9.61 Å². The Kier molecular flexibility index (Phi) is 3.96. The lowest BCUT2D eigenvalue weighted by Gasteiger charge is -2.40. The molecule has 1 saturated heterocycles. The smallest absolute Gasteiger partial charge is 0.254 e. The van der Waals surface area contributed by atoms with Gasteiger partial charge in [0.1, 0.15) is 12.2 Å². The number of anilines is 1. The number of hydrogen-bond donors (Lipinski definition) is 1. The largest absolute Gasteiger partial charge is 0.368 e. The van der Waals surface area contributed by atoms with Crippen molar-refractivity contribution in [2.24, 2.45) is 0 Å². The van der Waals surface area contributed by atoms with Gasteiger partial charge in [0, 0.05) is 29.6 Å². The molecule has 0 radical (unpaired) electrons. The van der Waals surface area contributed by atoms with E-state index in [0.29, 0.717) is 5.82 Å². The predicted octanol–water partition coefficient (Wildman–Crippen LogP) is 2.67. The summed E-state index contributed by atoms with van der Waals surface area (Å²) in [6.45, 7) is 3.77. The number of nitrogens with zero attached hydrogens (tertiary/aromatic N) is 6. The van der Waals surface area contributed by atoms with E-state index in [9.17, 15) is 4.79 Å². The third-order valence-electron chi connectivity index (χ3n) is 6.85. The number of aryl methyl sites for hydroxylation is 1. The Morgan fingerprint density at radius 2 is 1.90 bits per heavy atom. The maximum absolute atomic E-state index is 12.8. The highest BCUT2D eigenvalue weighted by atomic mass is 16.1.